The molecule has 4 N–H and O–H groups in total. The predicted molar refractivity (Wildman–Crippen MR) is 147 cm³/mol. The highest BCUT2D eigenvalue weighted by atomic mass is 79.9. The quantitative estimate of drug-likeness (QED) is 0.199. The van der Waals surface area contributed by atoms with Crippen molar-refractivity contribution in [2.75, 3.05) is 10.6 Å². The number of aromatic nitrogens is 4. The number of carbonyl (C=O) groups excluding carboxylic acids is 2. The minimum absolute atomic E-state index is 0.0189. The number of aromatic amines is 1. The fourth-order valence-corrected chi connectivity index (χ4v) is 4.37. The highest BCUT2D eigenvalue weighted by Crippen LogP contribution is 2.33. The van der Waals surface area contributed by atoms with Gasteiger partial charge in [-0.15, -0.1) is 5.10 Å². The highest BCUT2D eigenvalue weighted by Gasteiger charge is 2.31. The van der Waals surface area contributed by atoms with E-state index in [2.05, 4.69) is 73.3 Å². The largest absolute Gasteiger partial charge is 0.416 e. The maximum atomic E-state index is 13.3. The minimum Gasteiger partial charge on any atom is -0.327 e. The molecule has 3 amide bonds. The zero-order valence-electron chi connectivity index (χ0n) is 21.6. The fraction of sp³-hybridized carbons (Fsp3) is 0.222. The number of carbonyl (C=O) groups is 2. The van der Waals surface area contributed by atoms with E-state index in [0.29, 0.717) is 11.1 Å². The molecule has 0 saturated heterocycles. The first-order chi connectivity index (χ1) is 18.8. The van der Waals surface area contributed by atoms with E-state index in [-0.39, 0.29) is 21.5 Å². The van der Waals surface area contributed by atoms with Crippen molar-refractivity contribution in [2.45, 2.75) is 38.4 Å². The maximum Gasteiger partial charge on any atom is 0.416 e. The van der Waals surface area contributed by atoms with Crippen LogP contribution in [0.15, 0.2) is 71.2 Å². The molecule has 13 heteroatoms. The number of hydrogen-bond acceptors (Lipinski definition) is 5. The molecule has 4 aromatic rings. The normalized spacial score (nSPS) is 12.5. The number of hydrogen-bond donors (Lipinski definition) is 4. The Balaban J connectivity index is 1.60. The second kappa shape index (κ2) is 11.5. The number of H-pyrrole nitrogens is 1. The van der Waals surface area contributed by atoms with Gasteiger partial charge in [-0.25, -0.2) is 4.79 Å². The Morgan fingerprint density at radius 2 is 1.50 bits per heavy atom. The lowest BCUT2D eigenvalue weighted by Gasteiger charge is -2.23. The summed E-state index contributed by atoms with van der Waals surface area (Å²) in [6.45, 7) is 6.24. The van der Waals surface area contributed by atoms with Crippen LogP contribution in [0.4, 0.5) is 29.6 Å². The van der Waals surface area contributed by atoms with E-state index in [4.69, 9.17) is 0 Å². The van der Waals surface area contributed by atoms with E-state index in [9.17, 15) is 22.8 Å². The summed E-state index contributed by atoms with van der Waals surface area (Å²) >= 11 is 3.06. The van der Waals surface area contributed by atoms with E-state index in [1.165, 1.54) is 6.07 Å². The Kier molecular flexibility index (Phi) is 8.24. The van der Waals surface area contributed by atoms with E-state index in [1.54, 1.807) is 24.3 Å². The van der Waals surface area contributed by atoms with Gasteiger partial charge in [-0.1, -0.05) is 78.2 Å². The molecule has 0 aliphatic heterocycles. The van der Waals surface area contributed by atoms with Crippen molar-refractivity contribution >= 4 is 39.5 Å². The van der Waals surface area contributed by atoms with Gasteiger partial charge in [0.15, 0.2) is 0 Å². The molecule has 0 bridgehead atoms. The summed E-state index contributed by atoms with van der Waals surface area (Å²) in [5.41, 5.74) is 1.74. The number of nitrogens with zero attached hydrogens (tertiary/aromatic N) is 3. The number of amides is 3. The SMILES string of the molecule is CC(C)(C)c1ccc(C(NC(=O)Nc2cc(Br)cc(C(F)(F)F)c2)c2ccc(C(=O)Nc3nn[nH]n3)cc2)cc1. The van der Waals surface area contributed by atoms with Crippen LogP contribution in [0.1, 0.15) is 59.4 Å². The highest BCUT2D eigenvalue weighted by molar-refractivity contribution is 9.10. The van der Waals surface area contributed by atoms with Crippen molar-refractivity contribution in [3.05, 3.63) is 99.0 Å². The molecular formula is C27H25BrF3N7O2. The molecule has 1 aromatic heterocycles. The van der Waals surface area contributed by atoms with Crippen LogP contribution >= 0.6 is 15.9 Å². The lowest BCUT2D eigenvalue weighted by molar-refractivity contribution is -0.137. The molecule has 0 saturated carbocycles. The van der Waals surface area contributed by atoms with E-state index >= 15 is 0 Å². The van der Waals surface area contributed by atoms with Crippen molar-refractivity contribution in [3.8, 4) is 0 Å². The Labute approximate surface area is 236 Å². The molecule has 9 nitrogen and oxygen atoms in total. The van der Waals surface area contributed by atoms with Crippen LogP contribution in [0.3, 0.4) is 0 Å². The molecule has 0 aliphatic carbocycles. The monoisotopic (exact) mass is 615 g/mol. The summed E-state index contributed by atoms with van der Waals surface area (Å²) < 4.78 is 39.9. The molecule has 40 heavy (non-hydrogen) atoms. The van der Waals surface area contributed by atoms with Gasteiger partial charge in [0.25, 0.3) is 11.9 Å². The van der Waals surface area contributed by atoms with Gasteiger partial charge >= 0.3 is 12.2 Å². The topological polar surface area (TPSA) is 125 Å². The number of anilines is 2. The standard InChI is InChI=1S/C27H25BrF3N7O2/c1-26(2,3)18-10-8-16(9-11-18)22(15-4-6-17(7-5-15)23(39)34-24-35-37-38-36-24)33-25(40)32-21-13-19(27(29,30)31)12-20(28)14-21/h4-14,22H,1-3H3,(H2,32,33,40)(H2,34,35,36,37,38,39). The molecule has 0 spiro atoms. The smallest absolute Gasteiger partial charge is 0.327 e. The number of benzene rings is 3. The van der Waals surface area contributed by atoms with E-state index in [1.807, 2.05) is 24.3 Å². The number of rotatable bonds is 6. The molecule has 0 radical (unpaired) electrons. The Bertz CT molecular complexity index is 1480. The lowest BCUT2D eigenvalue weighted by Crippen LogP contribution is -2.33. The molecule has 1 unspecified atom stereocenters. The fourth-order valence-electron chi connectivity index (χ4n) is 3.87. The number of nitrogens with one attached hydrogen (secondary N) is 4. The lowest BCUT2D eigenvalue weighted by atomic mass is 9.85. The zero-order chi connectivity index (χ0) is 29.1. The molecule has 1 atom stereocenters. The second-order valence-electron chi connectivity index (χ2n) is 9.94. The molecule has 3 aromatic carbocycles. The van der Waals surface area contributed by atoms with Crippen molar-refractivity contribution in [3.63, 3.8) is 0 Å². The average molecular weight is 616 g/mol. The van der Waals surface area contributed by atoms with Gasteiger partial charge in [0.05, 0.1) is 11.6 Å². The van der Waals surface area contributed by atoms with Crippen LogP contribution in [-0.2, 0) is 11.6 Å². The molecule has 208 valence electrons. The first kappa shape index (κ1) is 28.7. The molecule has 4 rings (SSSR count). The van der Waals surface area contributed by atoms with Crippen LogP contribution in [0.25, 0.3) is 0 Å². The van der Waals surface area contributed by atoms with Crippen LogP contribution < -0.4 is 16.0 Å². The summed E-state index contributed by atoms with van der Waals surface area (Å²) in [6.07, 6.45) is -4.58. The molecule has 1 heterocycles. The van der Waals surface area contributed by atoms with Crippen molar-refractivity contribution in [1.29, 1.82) is 0 Å². The summed E-state index contributed by atoms with van der Waals surface area (Å²) in [7, 11) is 0. The van der Waals surface area contributed by atoms with Crippen LogP contribution in [-0.4, -0.2) is 32.6 Å². The Morgan fingerprint density at radius 1 is 0.875 bits per heavy atom. The van der Waals surface area contributed by atoms with Crippen LogP contribution in [0.5, 0.6) is 0 Å². The number of halogens is 4. The number of alkyl halides is 3. The van der Waals surface area contributed by atoms with Crippen molar-refractivity contribution < 1.29 is 22.8 Å². The van der Waals surface area contributed by atoms with Crippen molar-refractivity contribution in [1.82, 2.24) is 25.9 Å². The zero-order valence-corrected chi connectivity index (χ0v) is 23.2. The first-order valence-corrected chi connectivity index (χ1v) is 12.8. The maximum absolute atomic E-state index is 13.3. The van der Waals surface area contributed by atoms with Gasteiger partial charge in [-0.3, -0.25) is 10.1 Å². The summed E-state index contributed by atoms with van der Waals surface area (Å²) in [5.74, 6) is -0.440. The summed E-state index contributed by atoms with van der Waals surface area (Å²) in [5, 5.41) is 20.8. The predicted octanol–water partition coefficient (Wildman–Crippen LogP) is 6.44. The van der Waals surface area contributed by atoms with Crippen LogP contribution in [0, 0.1) is 0 Å². The summed E-state index contributed by atoms with van der Waals surface area (Å²) in [4.78, 5) is 25.5. The van der Waals surface area contributed by atoms with Gasteiger partial charge in [0.2, 0.25) is 0 Å². The third-order valence-electron chi connectivity index (χ3n) is 5.95. The second-order valence-corrected chi connectivity index (χ2v) is 10.9. The molecular weight excluding hydrogens is 591 g/mol. The van der Waals surface area contributed by atoms with E-state index in [0.717, 1.165) is 23.3 Å². The summed E-state index contributed by atoms with van der Waals surface area (Å²) in [6, 6.07) is 15.9. The number of tetrazole rings is 1. The third kappa shape index (κ3) is 7.23. The van der Waals surface area contributed by atoms with Gasteiger partial charge in [-0.05, 0) is 57.7 Å². The first-order valence-electron chi connectivity index (χ1n) is 12.0. The van der Waals surface area contributed by atoms with Crippen LogP contribution in [0.2, 0.25) is 0 Å². The third-order valence-corrected chi connectivity index (χ3v) is 6.40. The van der Waals surface area contributed by atoms with Gasteiger partial charge in [0, 0.05) is 15.7 Å². The Morgan fingerprint density at radius 3 is 2.05 bits per heavy atom. The average Bonchev–Trinajstić information content (AvgIpc) is 3.39. The van der Waals surface area contributed by atoms with Gasteiger partial charge < -0.3 is 10.6 Å². The number of urea groups is 1. The van der Waals surface area contributed by atoms with Crippen molar-refractivity contribution in [2.24, 2.45) is 0 Å². The molecule has 0 fully saturated rings. The van der Waals surface area contributed by atoms with E-state index < -0.39 is 29.7 Å². The Hall–Kier alpha value is -4.26. The minimum atomic E-state index is -4.58. The van der Waals surface area contributed by atoms with Gasteiger partial charge in [0.1, 0.15) is 0 Å². The molecule has 0 aliphatic rings. The van der Waals surface area contributed by atoms with Gasteiger partial charge in [-0.2, -0.15) is 18.4 Å².